The zero-order chi connectivity index (χ0) is 17.4. The molecule has 0 radical (unpaired) electrons. The van der Waals surface area contributed by atoms with Crippen LogP contribution in [-0.2, 0) is 16.1 Å². The third-order valence-corrected chi connectivity index (χ3v) is 4.21. The molecule has 0 saturated carbocycles. The number of anilines is 1. The Balaban J connectivity index is 1.82. The fourth-order valence-electron chi connectivity index (χ4n) is 2.99. The van der Waals surface area contributed by atoms with Gasteiger partial charge in [0.15, 0.2) is 5.65 Å². The van der Waals surface area contributed by atoms with E-state index >= 15 is 0 Å². The molecule has 3 aromatic rings. The summed E-state index contributed by atoms with van der Waals surface area (Å²) in [5.41, 5.74) is 2.26. The molecule has 9 heteroatoms. The van der Waals surface area contributed by atoms with Gasteiger partial charge in [0.25, 0.3) is 5.89 Å². The molecule has 1 unspecified atom stereocenters. The Morgan fingerprint density at radius 3 is 2.96 bits per heavy atom. The Labute approximate surface area is 143 Å². The molecule has 9 nitrogen and oxygen atoms in total. The van der Waals surface area contributed by atoms with Crippen molar-refractivity contribution in [1.29, 1.82) is 0 Å². The van der Waals surface area contributed by atoms with Crippen LogP contribution in [0, 0.1) is 6.92 Å². The van der Waals surface area contributed by atoms with Crippen molar-refractivity contribution in [1.82, 2.24) is 25.0 Å². The largest absolute Gasteiger partial charge is 0.466 e. The normalized spacial score (nSPS) is 17.7. The number of aromatic nitrogens is 5. The van der Waals surface area contributed by atoms with Gasteiger partial charge in [0.1, 0.15) is 0 Å². The summed E-state index contributed by atoms with van der Waals surface area (Å²) in [7, 11) is 0. The quantitative estimate of drug-likeness (QED) is 0.717. The topological polar surface area (TPSA) is 108 Å². The van der Waals surface area contributed by atoms with E-state index in [1.165, 1.54) is 0 Å². The highest BCUT2D eigenvalue weighted by Crippen LogP contribution is 2.34. The van der Waals surface area contributed by atoms with Crippen LogP contribution in [0.15, 0.2) is 16.8 Å². The lowest BCUT2D eigenvalue weighted by molar-refractivity contribution is -0.147. The summed E-state index contributed by atoms with van der Waals surface area (Å²) >= 11 is 0. The monoisotopic (exact) mass is 342 g/mol. The maximum absolute atomic E-state index is 11.6. The number of ether oxygens (including phenoxy) is 1. The van der Waals surface area contributed by atoms with E-state index in [9.17, 15) is 4.79 Å². The Morgan fingerprint density at radius 1 is 1.36 bits per heavy atom. The molecule has 1 aliphatic heterocycles. The zero-order valence-electron chi connectivity index (χ0n) is 14.0. The second-order valence-corrected chi connectivity index (χ2v) is 5.93. The molecule has 4 rings (SSSR count). The molecule has 0 aromatic carbocycles. The third-order valence-electron chi connectivity index (χ3n) is 4.21. The minimum absolute atomic E-state index is 0.0282. The van der Waals surface area contributed by atoms with Gasteiger partial charge in [-0.2, -0.15) is 5.10 Å². The smallest absolute Gasteiger partial charge is 0.307 e. The molecule has 1 saturated heterocycles. The SMILES string of the molecule is CCn1ncc2c(NC3CCOC(=O)C3)c(-c3nnc(C)o3)cnc21. The van der Waals surface area contributed by atoms with Gasteiger partial charge >= 0.3 is 5.97 Å². The first-order valence-electron chi connectivity index (χ1n) is 8.23. The van der Waals surface area contributed by atoms with Crippen LogP contribution in [0.1, 0.15) is 25.7 Å². The summed E-state index contributed by atoms with van der Waals surface area (Å²) in [5.74, 6) is 0.664. The molecule has 130 valence electrons. The van der Waals surface area contributed by atoms with E-state index in [0.29, 0.717) is 36.9 Å². The molecule has 3 aromatic heterocycles. The Morgan fingerprint density at radius 2 is 2.24 bits per heavy atom. The van der Waals surface area contributed by atoms with Crippen LogP contribution in [0.5, 0.6) is 0 Å². The molecule has 1 atom stereocenters. The molecule has 4 heterocycles. The van der Waals surface area contributed by atoms with Crippen LogP contribution < -0.4 is 5.32 Å². The zero-order valence-corrected chi connectivity index (χ0v) is 14.0. The van der Waals surface area contributed by atoms with Crippen LogP contribution in [-0.4, -0.2) is 43.6 Å². The average molecular weight is 342 g/mol. The second-order valence-electron chi connectivity index (χ2n) is 5.93. The number of esters is 1. The van der Waals surface area contributed by atoms with Gasteiger partial charge < -0.3 is 14.5 Å². The number of pyridine rings is 1. The number of cyclic esters (lactones) is 1. The lowest BCUT2D eigenvalue weighted by Gasteiger charge is -2.24. The highest BCUT2D eigenvalue weighted by Gasteiger charge is 2.24. The van der Waals surface area contributed by atoms with Crippen molar-refractivity contribution in [3.63, 3.8) is 0 Å². The van der Waals surface area contributed by atoms with Gasteiger partial charge in [-0.25, -0.2) is 9.67 Å². The summed E-state index contributed by atoms with van der Waals surface area (Å²) in [6, 6.07) is -0.0282. The predicted octanol–water partition coefficient (Wildman–Crippen LogP) is 1.93. The van der Waals surface area contributed by atoms with Gasteiger partial charge in [-0.05, 0) is 6.92 Å². The van der Waals surface area contributed by atoms with Crippen molar-refractivity contribution in [2.45, 2.75) is 39.3 Å². The summed E-state index contributed by atoms with van der Waals surface area (Å²) in [5, 5.41) is 16.7. The Kier molecular flexibility index (Phi) is 3.83. The van der Waals surface area contributed by atoms with Crippen LogP contribution in [0.25, 0.3) is 22.5 Å². The highest BCUT2D eigenvalue weighted by molar-refractivity contribution is 5.96. The van der Waals surface area contributed by atoms with Crippen molar-refractivity contribution < 1.29 is 13.9 Å². The number of nitrogens with one attached hydrogen (secondary N) is 1. The number of carbonyl (C=O) groups excluding carboxylic acids is 1. The van der Waals surface area contributed by atoms with E-state index in [0.717, 1.165) is 23.1 Å². The Hall–Kier alpha value is -2.97. The van der Waals surface area contributed by atoms with E-state index in [-0.39, 0.29) is 12.0 Å². The molecule has 1 aliphatic rings. The number of hydrogen-bond acceptors (Lipinski definition) is 8. The van der Waals surface area contributed by atoms with Gasteiger partial charge in [-0.1, -0.05) is 0 Å². The molecule has 0 amide bonds. The van der Waals surface area contributed by atoms with Gasteiger partial charge in [0, 0.05) is 32.1 Å². The molecule has 0 spiro atoms. The predicted molar refractivity (Wildman–Crippen MR) is 88.8 cm³/mol. The fourth-order valence-corrected chi connectivity index (χ4v) is 2.99. The minimum atomic E-state index is -0.200. The fraction of sp³-hybridized carbons (Fsp3) is 0.438. The maximum Gasteiger partial charge on any atom is 0.307 e. The molecule has 25 heavy (non-hydrogen) atoms. The third kappa shape index (κ3) is 2.81. The van der Waals surface area contributed by atoms with E-state index in [4.69, 9.17) is 9.15 Å². The minimum Gasteiger partial charge on any atom is -0.466 e. The summed E-state index contributed by atoms with van der Waals surface area (Å²) in [6.45, 7) is 4.87. The van der Waals surface area contributed by atoms with Crippen molar-refractivity contribution >= 4 is 22.7 Å². The van der Waals surface area contributed by atoms with Crippen molar-refractivity contribution in [2.24, 2.45) is 0 Å². The molecule has 0 aliphatic carbocycles. The number of nitrogens with zero attached hydrogens (tertiary/aromatic N) is 5. The van der Waals surface area contributed by atoms with Gasteiger partial charge in [0.2, 0.25) is 5.89 Å². The van der Waals surface area contributed by atoms with E-state index in [1.807, 2.05) is 11.6 Å². The molecular formula is C16H18N6O3. The Bertz CT molecular complexity index is 931. The number of fused-ring (bicyclic) bond motifs is 1. The molecule has 1 N–H and O–H groups in total. The molecule has 0 bridgehead atoms. The maximum atomic E-state index is 11.6. The van der Waals surface area contributed by atoms with Gasteiger partial charge in [0.05, 0.1) is 35.9 Å². The number of carbonyl (C=O) groups is 1. The molecular weight excluding hydrogens is 324 g/mol. The number of rotatable bonds is 4. The van der Waals surface area contributed by atoms with Crippen LogP contribution >= 0.6 is 0 Å². The second kappa shape index (κ2) is 6.15. The van der Waals surface area contributed by atoms with Crippen LogP contribution in [0.2, 0.25) is 0 Å². The molecule has 1 fully saturated rings. The average Bonchev–Trinajstić information content (AvgIpc) is 3.21. The van der Waals surface area contributed by atoms with Crippen molar-refractivity contribution in [3.8, 4) is 11.5 Å². The van der Waals surface area contributed by atoms with E-state index < -0.39 is 0 Å². The van der Waals surface area contributed by atoms with E-state index in [2.05, 4.69) is 25.6 Å². The van der Waals surface area contributed by atoms with E-state index in [1.54, 1.807) is 19.3 Å². The first kappa shape index (κ1) is 15.6. The van der Waals surface area contributed by atoms with Crippen LogP contribution in [0.3, 0.4) is 0 Å². The first-order valence-corrected chi connectivity index (χ1v) is 8.23. The number of aryl methyl sites for hydroxylation is 2. The summed E-state index contributed by atoms with van der Waals surface area (Å²) in [6.07, 6.45) is 4.52. The van der Waals surface area contributed by atoms with Crippen LogP contribution in [0.4, 0.5) is 5.69 Å². The van der Waals surface area contributed by atoms with Crippen molar-refractivity contribution in [3.05, 3.63) is 18.3 Å². The van der Waals surface area contributed by atoms with Crippen molar-refractivity contribution in [2.75, 3.05) is 11.9 Å². The lowest BCUT2D eigenvalue weighted by atomic mass is 10.1. The summed E-state index contributed by atoms with van der Waals surface area (Å²) < 4.78 is 12.4. The first-order chi connectivity index (χ1) is 12.2. The summed E-state index contributed by atoms with van der Waals surface area (Å²) in [4.78, 5) is 16.1. The lowest BCUT2D eigenvalue weighted by Crippen LogP contribution is -2.31. The number of hydrogen-bond donors (Lipinski definition) is 1. The van der Waals surface area contributed by atoms with Gasteiger partial charge in [-0.15, -0.1) is 10.2 Å². The standard InChI is InChI=1S/C16H18N6O3/c1-3-22-15-11(8-18-22)14(19-10-4-5-24-13(23)6-10)12(7-17-15)16-21-20-9(2)25-16/h7-8,10H,3-6H2,1-2H3,(H,17,19). The van der Waals surface area contributed by atoms with Gasteiger partial charge in [-0.3, -0.25) is 4.79 Å². The highest BCUT2D eigenvalue weighted by atomic mass is 16.5.